The van der Waals surface area contributed by atoms with Gasteiger partial charge in [0.05, 0.1) is 5.56 Å². The van der Waals surface area contributed by atoms with Gasteiger partial charge in [0.1, 0.15) is 5.69 Å². The van der Waals surface area contributed by atoms with Gasteiger partial charge in [-0.25, -0.2) is 9.78 Å². The first-order valence-electron chi connectivity index (χ1n) is 3.97. The van der Waals surface area contributed by atoms with Gasteiger partial charge in [-0.1, -0.05) is 0 Å². The Bertz CT molecular complexity index is 438. The average Bonchev–Trinajstić information content (AvgIpc) is 2.41. The highest BCUT2D eigenvalue weighted by Gasteiger charge is 2.14. The standard InChI is InChI=1S/C9H7N3O2/c13-9(14)6-2-5-12-8-7(6)10-3-1-4-11-8/h1-5H,(H,11,12)(H,13,14). The van der Waals surface area contributed by atoms with Gasteiger partial charge in [0.25, 0.3) is 0 Å². The van der Waals surface area contributed by atoms with Gasteiger partial charge in [-0.2, -0.15) is 0 Å². The Morgan fingerprint density at radius 1 is 1.50 bits per heavy atom. The molecule has 0 bridgehead atoms. The minimum absolute atomic E-state index is 0.141. The lowest BCUT2D eigenvalue weighted by Crippen LogP contribution is -2.00. The summed E-state index contributed by atoms with van der Waals surface area (Å²) >= 11 is 0. The summed E-state index contributed by atoms with van der Waals surface area (Å²) in [6.07, 6.45) is 6.28. The molecule has 1 aromatic heterocycles. The molecular weight excluding hydrogens is 182 g/mol. The van der Waals surface area contributed by atoms with E-state index in [1.54, 1.807) is 12.3 Å². The van der Waals surface area contributed by atoms with E-state index < -0.39 is 5.97 Å². The van der Waals surface area contributed by atoms with Crippen molar-refractivity contribution in [3.63, 3.8) is 0 Å². The first kappa shape index (κ1) is 8.43. The van der Waals surface area contributed by atoms with Crippen LogP contribution < -0.4 is 5.32 Å². The van der Waals surface area contributed by atoms with Crippen LogP contribution in [0.15, 0.2) is 29.5 Å². The number of aliphatic imine (C=N–C) groups is 1. The number of anilines is 1. The van der Waals surface area contributed by atoms with E-state index in [0.717, 1.165) is 0 Å². The molecule has 0 aliphatic carbocycles. The molecule has 0 amide bonds. The summed E-state index contributed by atoms with van der Waals surface area (Å²) in [5.74, 6) is -0.556. The van der Waals surface area contributed by atoms with Crippen molar-refractivity contribution in [2.45, 2.75) is 0 Å². The van der Waals surface area contributed by atoms with Gasteiger partial charge in [0.15, 0.2) is 5.82 Å². The maximum atomic E-state index is 10.8. The third-order valence-corrected chi connectivity index (χ3v) is 1.76. The summed E-state index contributed by atoms with van der Waals surface area (Å²) in [5, 5.41) is 11.7. The van der Waals surface area contributed by atoms with E-state index in [-0.39, 0.29) is 5.56 Å². The van der Waals surface area contributed by atoms with Crippen molar-refractivity contribution in [1.29, 1.82) is 0 Å². The smallest absolute Gasteiger partial charge is 0.338 e. The lowest BCUT2D eigenvalue weighted by atomic mass is 10.2. The van der Waals surface area contributed by atoms with E-state index in [0.29, 0.717) is 11.5 Å². The van der Waals surface area contributed by atoms with E-state index in [9.17, 15) is 4.79 Å². The number of carboxylic acids is 1. The summed E-state index contributed by atoms with van der Waals surface area (Å²) in [4.78, 5) is 18.8. The molecule has 0 unspecified atom stereocenters. The van der Waals surface area contributed by atoms with E-state index >= 15 is 0 Å². The number of carbonyl (C=O) groups is 1. The normalized spacial score (nSPS) is 12.9. The topological polar surface area (TPSA) is 74.6 Å². The number of aromatic carboxylic acids is 1. The van der Waals surface area contributed by atoms with Crippen LogP contribution in [0.5, 0.6) is 0 Å². The third-order valence-electron chi connectivity index (χ3n) is 1.76. The average molecular weight is 189 g/mol. The molecular formula is C9H7N3O2. The second-order valence-corrected chi connectivity index (χ2v) is 2.64. The molecule has 1 aromatic rings. The van der Waals surface area contributed by atoms with Crippen LogP contribution in [0.2, 0.25) is 0 Å². The summed E-state index contributed by atoms with van der Waals surface area (Å²) in [6, 6.07) is 1.42. The van der Waals surface area contributed by atoms with Gasteiger partial charge in [0, 0.05) is 18.6 Å². The Hall–Kier alpha value is -2.17. The molecule has 0 atom stereocenters. The van der Waals surface area contributed by atoms with Crippen LogP contribution in [0.4, 0.5) is 11.5 Å². The number of carboxylic acid groups (broad SMARTS) is 1. The molecule has 14 heavy (non-hydrogen) atoms. The van der Waals surface area contributed by atoms with Crippen LogP contribution in [0.1, 0.15) is 10.4 Å². The van der Waals surface area contributed by atoms with Crippen molar-refractivity contribution in [2.75, 3.05) is 5.32 Å². The Kier molecular flexibility index (Phi) is 1.98. The fourth-order valence-corrected chi connectivity index (χ4v) is 1.15. The summed E-state index contributed by atoms with van der Waals surface area (Å²) in [7, 11) is 0. The molecule has 5 nitrogen and oxygen atoms in total. The highest BCUT2D eigenvalue weighted by atomic mass is 16.4. The third kappa shape index (κ3) is 1.35. The number of rotatable bonds is 1. The van der Waals surface area contributed by atoms with Crippen LogP contribution >= 0.6 is 0 Å². The number of hydrogen-bond donors (Lipinski definition) is 2. The van der Waals surface area contributed by atoms with E-state index in [1.807, 2.05) is 0 Å². The van der Waals surface area contributed by atoms with Gasteiger partial charge >= 0.3 is 5.97 Å². The molecule has 5 heteroatoms. The zero-order valence-electron chi connectivity index (χ0n) is 7.14. The predicted molar refractivity (Wildman–Crippen MR) is 52.1 cm³/mol. The lowest BCUT2D eigenvalue weighted by molar-refractivity contribution is 0.0698. The molecule has 0 fully saturated rings. The Balaban J connectivity index is 2.61. The number of aromatic nitrogens is 1. The molecule has 0 saturated carbocycles. The Labute approximate surface area is 79.8 Å². The second-order valence-electron chi connectivity index (χ2n) is 2.64. The van der Waals surface area contributed by atoms with E-state index in [2.05, 4.69) is 15.3 Å². The van der Waals surface area contributed by atoms with Crippen molar-refractivity contribution >= 4 is 23.7 Å². The number of pyridine rings is 1. The van der Waals surface area contributed by atoms with Crippen LogP contribution in [0.25, 0.3) is 0 Å². The number of hydrogen-bond acceptors (Lipinski definition) is 4. The van der Waals surface area contributed by atoms with Crippen LogP contribution in [-0.4, -0.2) is 22.3 Å². The van der Waals surface area contributed by atoms with Crippen molar-refractivity contribution in [3.8, 4) is 0 Å². The van der Waals surface area contributed by atoms with Crippen molar-refractivity contribution < 1.29 is 9.90 Å². The maximum absolute atomic E-state index is 10.8. The minimum atomic E-state index is -1.01. The lowest BCUT2D eigenvalue weighted by Gasteiger charge is -2.04. The van der Waals surface area contributed by atoms with Crippen molar-refractivity contribution in [3.05, 3.63) is 30.1 Å². The van der Waals surface area contributed by atoms with Crippen LogP contribution in [0.3, 0.4) is 0 Å². The molecule has 0 radical (unpaired) electrons. The Morgan fingerprint density at radius 2 is 2.36 bits per heavy atom. The zero-order chi connectivity index (χ0) is 9.97. The first-order chi connectivity index (χ1) is 6.79. The van der Waals surface area contributed by atoms with Crippen molar-refractivity contribution in [1.82, 2.24) is 4.98 Å². The summed E-state index contributed by atoms with van der Waals surface area (Å²) in [6.45, 7) is 0. The highest BCUT2D eigenvalue weighted by Crippen LogP contribution is 2.27. The monoisotopic (exact) mass is 189 g/mol. The molecule has 1 aliphatic heterocycles. The van der Waals surface area contributed by atoms with Gasteiger partial charge in [0.2, 0.25) is 0 Å². The molecule has 0 aromatic carbocycles. The van der Waals surface area contributed by atoms with Crippen molar-refractivity contribution in [2.24, 2.45) is 4.99 Å². The fourth-order valence-electron chi connectivity index (χ4n) is 1.15. The molecule has 2 N–H and O–H groups in total. The molecule has 0 spiro atoms. The quantitative estimate of drug-likeness (QED) is 0.700. The molecule has 2 rings (SSSR count). The van der Waals surface area contributed by atoms with Gasteiger partial charge < -0.3 is 10.4 Å². The Morgan fingerprint density at radius 3 is 3.14 bits per heavy atom. The number of fused-ring (bicyclic) bond motifs is 1. The first-order valence-corrected chi connectivity index (χ1v) is 3.97. The number of nitrogens with one attached hydrogen (secondary N) is 1. The molecule has 70 valence electrons. The van der Waals surface area contributed by atoms with E-state index in [4.69, 9.17) is 5.11 Å². The second kappa shape index (κ2) is 3.29. The largest absolute Gasteiger partial charge is 0.478 e. The van der Waals surface area contributed by atoms with Crippen LogP contribution in [0, 0.1) is 0 Å². The summed E-state index contributed by atoms with van der Waals surface area (Å²) in [5.41, 5.74) is 0.493. The maximum Gasteiger partial charge on any atom is 0.338 e. The zero-order valence-corrected chi connectivity index (χ0v) is 7.14. The van der Waals surface area contributed by atoms with Crippen LogP contribution in [-0.2, 0) is 0 Å². The molecule has 2 heterocycles. The number of nitrogens with zero attached hydrogens (tertiary/aromatic N) is 2. The highest BCUT2D eigenvalue weighted by molar-refractivity contribution is 5.98. The fraction of sp³-hybridized carbons (Fsp3) is 0. The predicted octanol–water partition coefficient (Wildman–Crippen LogP) is 1.42. The SMILES string of the molecule is O=C(O)c1ccnc2c1N=CC=CN2. The van der Waals surface area contributed by atoms with Gasteiger partial charge in [-0.15, -0.1) is 0 Å². The minimum Gasteiger partial charge on any atom is -0.478 e. The summed E-state index contributed by atoms with van der Waals surface area (Å²) < 4.78 is 0. The van der Waals surface area contributed by atoms with E-state index in [1.165, 1.54) is 18.5 Å². The van der Waals surface area contributed by atoms with Gasteiger partial charge in [-0.05, 0) is 12.1 Å². The molecule has 0 saturated heterocycles. The molecule has 1 aliphatic rings. The number of allylic oxidation sites excluding steroid dienone is 1. The van der Waals surface area contributed by atoms with Gasteiger partial charge in [-0.3, -0.25) is 4.99 Å².